The number of rotatable bonds is 6. The van der Waals surface area contributed by atoms with Gasteiger partial charge in [-0.1, -0.05) is 6.07 Å². The van der Waals surface area contributed by atoms with Gasteiger partial charge in [0.15, 0.2) is 17.3 Å². The zero-order valence-electron chi connectivity index (χ0n) is 15.0. The molecule has 1 aromatic rings. The maximum atomic E-state index is 12.2. The predicted molar refractivity (Wildman–Crippen MR) is 92.9 cm³/mol. The largest absolute Gasteiger partial charge is 0.493 e. The summed E-state index contributed by atoms with van der Waals surface area (Å²) in [4.78, 5) is 12.2. The topological polar surface area (TPSA) is 66.0 Å². The van der Waals surface area contributed by atoms with E-state index in [1.54, 1.807) is 14.2 Å². The second kappa shape index (κ2) is 8.06. The fourth-order valence-corrected chi connectivity index (χ4v) is 3.58. The summed E-state index contributed by atoms with van der Waals surface area (Å²) in [6.45, 7) is 1.37. The molecule has 2 aliphatic rings. The summed E-state index contributed by atoms with van der Waals surface area (Å²) in [6, 6.07) is 5.98. The number of ether oxygens (including phenoxy) is 4. The second-order valence-corrected chi connectivity index (χ2v) is 6.64. The summed E-state index contributed by atoms with van der Waals surface area (Å²) < 4.78 is 22.0. The fraction of sp³-hybridized carbons (Fsp3) is 0.632. The van der Waals surface area contributed by atoms with Crippen molar-refractivity contribution in [2.75, 3.05) is 27.4 Å². The van der Waals surface area contributed by atoms with Crippen molar-refractivity contribution in [2.24, 2.45) is 0 Å². The molecule has 1 saturated carbocycles. The van der Waals surface area contributed by atoms with E-state index >= 15 is 0 Å². The Morgan fingerprint density at radius 2 is 1.84 bits per heavy atom. The van der Waals surface area contributed by atoms with Crippen LogP contribution in [0.4, 0.5) is 0 Å². The molecule has 1 amide bonds. The van der Waals surface area contributed by atoms with Crippen molar-refractivity contribution in [3.05, 3.63) is 23.8 Å². The maximum absolute atomic E-state index is 12.2. The Morgan fingerprint density at radius 3 is 2.48 bits per heavy atom. The Bertz CT molecular complexity index is 587. The number of methoxy groups -OCH3 is 2. The van der Waals surface area contributed by atoms with Gasteiger partial charge in [0, 0.05) is 25.3 Å². The highest BCUT2D eigenvalue weighted by atomic mass is 16.7. The van der Waals surface area contributed by atoms with E-state index in [0.717, 1.165) is 31.2 Å². The van der Waals surface area contributed by atoms with E-state index in [-0.39, 0.29) is 17.7 Å². The lowest BCUT2D eigenvalue weighted by Crippen LogP contribution is -2.44. The molecule has 1 aliphatic carbocycles. The van der Waals surface area contributed by atoms with Crippen LogP contribution in [0.25, 0.3) is 0 Å². The summed E-state index contributed by atoms with van der Waals surface area (Å²) in [7, 11) is 3.23. The molecule has 0 bridgehead atoms. The van der Waals surface area contributed by atoms with Gasteiger partial charge in [-0.25, -0.2) is 0 Å². The van der Waals surface area contributed by atoms with Gasteiger partial charge in [-0.2, -0.15) is 0 Å². The number of carbonyl (C=O) groups is 1. The van der Waals surface area contributed by atoms with Gasteiger partial charge in [0.2, 0.25) is 5.91 Å². The molecule has 25 heavy (non-hydrogen) atoms. The van der Waals surface area contributed by atoms with Crippen molar-refractivity contribution < 1.29 is 23.7 Å². The predicted octanol–water partition coefficient (Wildman–Crippen LogP) is 2.44. The molecule has 1 aliphatic heterocycles. The monoisotopic (exact) mass is 349 g/mol. The zero-order chi connectivity index (χ0) is 17.7. The lowest BCUT2D eigenvalue weighted by atomic mass is 9.90. The van der Waals surface area contributed by atoms with Gasteiger partial charge >= 0.3 is 0 Å². The van der Waals surface area contributed by atoms with Crippen LogP contribution in [0.5, 0.6) is 11.5 Å². The first-order valence-corrected chi connectivity index (χ1v) is 8.92. The smallest absolute Gasteiger partial charge is 0.220 e. The van der Waals surface area contributed by atoms with Crippen molar-refractivity contribution in [1.82, 2.24) is 5.32 Å². The van der Waals surface area contributed by atoms with Crippen molar-refractivity contribution >= 4 is 5.91 Å². The number of amides is 1. The molecule has 0 unspecified atom stereocenters. The third-order valence-electron chi connectivity index (χ3n) is 5.01. The average molecular weight is 349 g/mol. The summed E-state index contributed by atoms with van der Waals surface area (Å²) in [5.74, 6) is 1.10. The summed E-state index contributed by atoms with van der Waals surface area (Å²) in [5.41, 5.74) is 1.06. The molecule has 0 radical (unpaired) electrons. The van der Waals surface area contributed by atoms with Crippen LogP contribution in [-0.4, -0.2) is 45.2 Å². The van der Waals surface area contributed by atoms with Crippen LogP contribution in [0, 0.1) is 0 Å². The Kier molecular flexibility index (Phi) is 5.81. The quantitative estimate of drug-likeness (QED) is 0.854. The first-order chi connectivity index (χ1) is 12.1. The van der Waals surface area contributed by atoms with Crippen molar-refractivity contribution in [2.45, 2.75) is 50.4 Å². The molecular weight excluding hydrogens is 322 g/mol. The van der Waals surface area contributed by atoms with Crippen LogP contribution >= 0.6 is 0 Å². The van der Waals surface area contributed by atoms with E-state index < -0.39 is 0 Å². The highest BCUT2D eigenvalue weighted by molar-refractivity contribution is 5.76. The molecule has 1 heterocycles. The van der Waals surface area contributed by atoms with Crippen molar-refractivity contribution in [1.29, 1.82) is 0 Å². The molecular formula is C19H27NO5. The number of nitrogens with one attached hydrogen (secondary N) is 1. The first kappa shape index (κ1) is 18.0. The van der Waals surface area contributed by atoms with E-state index in [0.29, 0.717) is 37.6 Å². The number of benzene rings is 1. The fourth-order valence-electron chi connectivity index (χ4n) is 3.58. The molecule has 0 aromatic heterocycles. The van der Waals surface area contributed by atoms with Crippen LogP contribution < -0.4 is 14.8 Å². The second-order valence-electron chi connectivity index (χ2n) is 6.64. The van der Waals surface area contributed by atoms with Crippen molar-refractivity contribution in [3.8, 4) is 11.5 Å². The van der Waals surface area contributed by atoms with Gasteiger partial charge in [0.1, 0.15) is 0 Å². The van der Waals surface area contributed by atoms with Crippen LogP contribution in [0.15, 0.2) is 18.2 Å². The SMILES string of the molecule is COc1ccc(CCC(=O)NC2CCC3(CC2)OCCO3)cc1OC. The van der Waals surface area contributed by atoms with E-state index in [1.807, 2.05) is 18.2 Å². The van der Waals surface area contributed by atoms with Gasteiger partial charge in [-0.05, 0) is 37.0 Å². The number of carbonyl (C=O) groups excluding carboxylic acids is 1. The molecule has 1 aromatic carbocycles. The first-order valence-electron chi connectivity index (χ1n) is 8.92. The number of aryl methyl sites for hydroxylation is 1. The zero-order valence-corrected chi connectivity index (χ0v) is 15.0. The van der Waals surface area contributed by atoms with Crippen LogP contribution in [0.2, 0.25) is 0 Å². The lowest BCUT2D eigenvalue weighted by molar-refractivity contribution is -0.180. The minimum atomic E-state index is -0.374. The Balaban J connectivity index is 1.44. The molecule has 2 fully saturated rings. The minimum Gasteiger partial charge on any atom is -0.493 e. The van der Waals surface area contributed by atoms with Gasteiger partial charge < -0.3 is 24.3 Å². The average Bonchev–Trinajstić information content (AvgIpc) is 3.10. The molecule has 1 saturated heterocycles. The third kappa shape index (κ3) is 4.44. The molecule has 138 valence electrons. The number of hydrogen-bond donors (Lipinski definition) is 1. The van der Waals surface area contributed by atoms with Crippen molar-refractivity contribution in [3.63, 3.8) is 0 Å². The van der Waals surface area contributed by atoms with E-state index in [1.165, 1.54) is 0 Å². The van der Waals surface area contributed by atoms with Gasteiger partial charge in [0.25, 0.3) is 0 Å². The highest BCUT2D eigenvalue weighted by Crippen LogP contribution is 2.35. The van der Waals surface area contributed by atoms with Gasteiger partial charge in [-0.3, -0.25) is 4.79 Å². The normalized spacial score (nSPS) is 19.8. The van der Waals surface area contributed by atoms with Gasteiger partial charge in [0.05, 0.1) is 27.4 Å². The standard InChI is InChI=1S/C19H27NO5/c1-22-16-5-3-14(13-17(16)23-2)4-6-18(21)20-15-7-9-19(10-8-15)24-11-12-25-19/h3,5,13,15H,4,6-12H2,1-2H3,(H,20,21). The minimum absolute atomic E-state index is 0.0870. The molecule has 3 rings (SSSR count). The highest BCUT2D eigenvalue weighted by Gasteiger charge is 2.40. The van der Waals surface area contributed by atoms with Gasteiger partial charge in [-0.15, -0.1) is 0 Å². The summed E-state index contributed by atoms with van der Waals surface area (Å²) >= 11 is 0. The van der Waals surface area contributed by atoms with E-state index in [4.69, 9.17) is 18.9 Å². The number of hydrogen-bond acceptors (Lipinski definition) is 5. The van der Waals surface area contributed by atoms with Crippen LogP contribution in [0.3, 0.4) is 0 Å². The lowest BCUT2D eigenvalue weighted by Gasteiger charge is -2.35. The van der Waals surface area contributed by atoms with E-state index in [9.17, 15) is 4.79 Å². The Morgan fingerprint density at radius 1 is 1.16 bits per heavy atom. The van der Waals surface area contributed by atoms with E-state index in [2.05, 4.69) is 5.32 Å². The Labute approximate surface area is 148 Å². The summed E-state index contributed by atoms with van der Waals surface area (Å²) in [6.07, 6.45) is 4.66. The van der Waals surface area contributed by atoms with Crippen LogP contribution in [0.1, 0.15) is 37.7 Å². The molecule has 6 nitrogen and oxygen atoms in total. The molecule has 6 heteroatoms. The maximum Gasteiger partial charge on any atom is 0.220 e. The van der Waals surface area contributed by atoms with Crippen LogP contribution in [-0.2, 0) is 20.7 Å². The third-order valence-corrected chi connectivity index (χ3v) is 5.01. The molecule has 1 N–H and O–H groups in total. The molecule has 0 atom stereocenters. The Hall–Kier alpha value is -1.79. The summed E-state index contributed by atoms with van der Waals surface area (Å²) in [5, 5.41) is 3.14. The molecule has 1 spiro atoms.